The molecule has 32 heavy (non-hydrogen) atoms. The molecule has 1 heterocycles. The number of rotatable bonds is 6. The van der Waals surface area contributed by atoms with Gasteiger partial charge in [0.2, 0.25) is 5.95 Å². The van der Waals surface area contributed by atoms with E-state index in [2.05, 4.69) is 9.97 Å². The van der Waals surface area contributed by atoms with Gasteiger partial charge in [0.25, 0.3) is 0 Å². The molecule has 158 valence electrons. The zero-order valence-electron chi connectivity index (χ0n) is 16.5. The van der Waals surface area contributed by atoms with Gasteiger partial charge in [-0.1, -0.05) is 23.7 Å². The molecule has 0 atom stereocenters. The molecule has 0 saturated heterocycles. The molecule has 3 aromatic carbocycles. The molecule has 0 radical (unpaired) electrons. The first kappa shape index (κ1) is 23.8. The van der Waals surface area contributed by atoms with E-state index in [0.29, 0.717) is 27.7 Å². The van der Waals surface area contributed by atoms with Crippen LogP contribution in [0.5, 0.6) is 11.5 Å². The van der Waals surface area contributed by atoms with Gasteiger partial charge in [-0.05, 0) is 54.1 Å². The van der Waals surface area contributed by atoms with Crippen LogP contribution in [0.15, 0.2) is 60.7 Å². The first-order chi connectivity index (χ1) is 14.9. The second kappa shape index (κ2) is 10.2. The van der Waals surface area contributed by atoms with Crippen molar-refractivity contribution >= 4 is 64.0 Å². The van der Waals surface area contributed by atoms with Gasteiger partial charge < -0.3 is 20.3 Å². The summed E-state index contributed by atoms with van der Waals surface area (Å²) in [6, 6.07) is 17.3. The van der Waals surface area contributed by atoms with Gasteiger partial charge in [0.15, 0.2) is 11.5 Å². The van der Waals surface area contributed by atoms with Gasteiger partial charge in [-0.3, -0.25) is 0 Å². The van der Waals surface area contributed by atoms with Crippen LogP contribution in [0.4, 0.5) is 5.95 Å². The van der Waals surface area contributed by atoms with Crippen molar-refractivity contribution in [2.24, 2.45) is 0 Å². The van der Waals surface area contributed by atoms with Crippen LogP contribution in [0.2, 0.25) is 5.02 Å². The topological polar surface area (TPSA) is 108 Å². The average Bonchev–Trinajstić information content (AvgIpc) is 2.77. The Labute approximate surface area is 211 Å². The number of nitrogens with two attached hydrogens (primary N) is 1. The molecule has 0 saturated carbocycles. The summed E-state index contributed by atoms with van der Waals surface area (Å²) in [5.41, 5.74) is 8.86. The fourth-order valence-corrected chi connectivity index (χ4v) is 3.40. The number of anilines is 1. The molecule has 0 unspecified atom stereocenters. The number of fused-ring (bicyclic) bond motifs is 1. The van der Waals surface area contributed by atoms with Crippen molar-refractivity contribution < 1.29 is 19.4 Å². The third-order valence-corrected chi connectivity index (χ3v) is 4.92. The molecule has 0 spiro atoms. The van der Waals surface area contributed by atoms with Crippen molar-refractivity contribution in [2.75, 3.05) is 12.8 Å². The zero-order valence-corrected chi connectivity index (χ0v) is 17.3. The molecule has 3 N–H and O–H groups in total. The van der Waals surface area contributed by atoms with Gasteiger partial charge in [-0.2, -0.15) is 0 Å². The van der Waals surface area contributed by atoms with Crippen LogP contribution in [0.1, 0.15) is 15.9 Å². The Balaban J connectivity index is 0.00000289. The van der Waals surface area contributed by atoms with Gasteiger partial charge >= 0.3 is 35.5 Å². The van der Waals surface area contributed by atoms with Gasteiger partial charge in [-0.25, -0.2) is 14.8 Å². The minimum atomic E-state index is -0.992. The van der Waals surface area contributed by atoms with Crippen molar-refractivity contribution in [3.8, 4) is 22.8 Å². The van der Waals surface area contributed by atoms with Crippen LogP contribution in [0, 0.1) is 0 Å². The summed E-state index contributed by atoms with van der Waals surface area (Å²) in [5.74, 6) is 0.164. The number of carbonyl (C=O) groups is 1. The SMILES string of the molecule is COc1ccc(-c2nc(N)nc3ccc(Cl)cc23)cc1OCc1cccc(C(=O)O)c1.[NaH]. The standard InChI is InChI=1S/C23H18ClN3O4.Na.H/c1-30-19-8-5-14(21-17-11-16(24)6-7-18(17)26-23(25)27-21)10-20(19)31-12-13-3-2-4-15(9-13)22(28)29;;/h2-11H,12H2,1H3,(H,28,29)(H2,25,26,27);;. The first-order valence-corrected chi connectivity index (χ1v) is 9.68. The molecule has 7 nitrogen and oxygen atoms in total. The number of nitrogens with zero attached hydrogens (tertiary/aromatic N) is 2. The van der Waals surface area contributed by atoms with Crippen molar-refractivity contribution in [1.82, 2.24) is 9.97 Å². The summed E-state index contributed by atoms with van der Waals surface area (Å²) >= 11 is 6.18. The van der Waals surface area contributed by atoms with E-state index in [1.807, 2.05) is 6.07 Å². The molecule has 0 amide bonds. The number of ether oxygens (including phenoxy) is 2. The number of carboxylic acid groups (broad SMARTS) is 1. The summed E-state index contributed by atoms with van der Waals surface area (Å²) in [6.45, 7) is 0.166. The van der Waals surface area contributed by atoms with E-state index in [-0.39, 0.29) is 47.7 Å². The Kier molecular flexibility index (Phi) is 7.58. The fourth-order valence-electron chi connectivity index (χ4n) is 3.23. The number of aromatic carboxylic acids is 1. The Bertz CT molecular complexity index is 1300. The molecular weight excluding hydrogens is 441 g/mol. The van der Waals surface area contributed by atoms with Crippen LogP contribution in [0.3, 0.4) is 0 Å². The summed E-state index contributed by atoms with van der Waals surface area (Å²) in [4.78, 5) is 19.9. The monoisotopic (exact) mass is 459 g/mol. The molecule has 0 aliphatic heterocycles. The zero-order chi connectivity index (χ0) is 22.0. The van der Waals surface area contributed by atoms with Crippen LogP contribution in [-0.2, 0) is 6.61 Å². The number of carboxylic acids is 1. The summed E-state index contributed by atoms with van der Waals surface area (Å²) < 4.78 is 11.4. The Morgan fingerprint density at radius 3 is 2.62 bits per heavy atom. The summed E-state index contributed by atoms with van der Waals surface area (Å²) in [6.07, 6.45) is 0. The molecule has 0 fully saturated rings. The van der Waals surface area contributed by atoms with Crippen LogP contribution < -0.4 is 15.2 Å². The van der Waals surface area contributed by atoms with E-state index in [1.165, 1.54) is 6.07 Å². The quantitative estimate of drug-likeness (QED) is 0.416. The van der Waals surface area contributed by atoms with Crippen molar-refractivity contribution in [3.63, 3.8) is 0 Å². The number of aromatic nitrogens is 2. The van der Waals surface area contributed by atoms with Gasteiger partial charge in [0, 0.05) is 16.0 Å². The number of hydrogen-bond acceptors (Lipinski definition) is 6. The average molecular weight is 460 g/mol. The molecule has 0 aliphatic rings. The number of nitrogen functional groups attached to an aromatic ring is 1. The van der Waals surface area contributed by atoms with Gasteiger partial charge in [-0.15, -0.1) is 0 Å². The summed E-state index contributed by atoms with van der Waals surface area (Å²) in [7, 11) is 1.55. The predicted molar refractivity (Wildman–Crippen MR) is 126 cm³/mol. The molecule has 0 bridgehead atoms. The molecular formula is C23H19ClN3NaO4. The fraction of sp³-hybridized carbons (Fsp3) is 0.0870. The number of halogens is 1. The van der Waals surface area contributed by atoms with Gasteiger partial charge in [0.1, 0.15) is 6.61 Å². The predicted octanol–water partition coefficient (Wildman–Crippen LogP) is 4.17. The van der Waals surface area contributed by atoms with Crippen molar-refractivity contribution in [1.29, 1.82) is 0 Å². The molecule has 0 aliphatic carbocycles. The number of benzene rings is 3. The van der Waals surface area contributed by atoms with E-state index < -0.39 is 5.97 Å². The third-order valence-electron chi connectivity index (χ3n) is 4.68. The number of methoxy groups -OCH3 is 1. The molecule has 4 aromatic rings. The van der Waals surface area contributed by atoms with Crippen molar-refractivity contribution in [3.05, 3.63) is 76.8 Å². The normalized spacial score (nSPS) is 10.4. The van der Waals surface area contributed by atoms with E-state index in [0.717, 1.165) is 16.5 Å². The maximum atomic E-state index is 11.2. The number of hydrogen-bond donors (Lipinski definition) is 2. The maximum absolute atomic E-state index is 11.2. The molecule has 1 aromatic heterocycles. The summed E-state index contributed by atoms with van der Waals surface area (Å²) in [5, 5.41) is 10.5. The first-order valence-electron chi connectivity index (χ1n) is 9.31. The third kappa shape index (κ3) is 5.14. The van der Waals surface area contributed by atoms with Gasteiger partial charge in [0.05, 0.1) is 23.9 Å². The van der Waals surface area contributed by atoms with E-state index in [1.54, 1.807) is 55.6 Å². The second-order valence-electron chi connectivity index (χ2n) is 6.75. The van der Waals surface area contributed by atoms with Crippen LogP contribution >= 0.6 is 11.6 Å². The molecule has 4 rings (SSSR count). The van der Waals surface area contributed by atoms with Crippen LogP contribution in [-0.4, -0.2) is 57.7 Å². The Morgan fingerprint density at radius 2 is 1.88 bits per heavy atom. The molecule has 9 heteroatoms. The minimum absolute atomic E-state index is 0. The second-order valence-corrected chi connectivity index (χ2v) is 7.19. The Hall–Kier alpha value is -2.84. The van der Waals surface area contributed by atoms with E-state index in [9.17, 15) is 9.90 Å². The van der Waals surface area contributed by atoms with E-state index >= 15 is 0 Å². The van der Waals surface area contributed by atoms with E-state index in [4.69, 9.17) is 26.8 Å². The Morgan fingerprint density at radius 1 is 1.06 bits per heavy atom. The van der Waals surface area contributed by atoms with Crippen molar-refractivity contribution in [2.45, 2.75) is 6.61 Å². The van der Waals surface area contributed by atoms with Crippen LogP contribution in [0.25, 0.3) is 22.2 Å².